The largest absolute Gasteiger partial charge is 0.332 e. The Kier molecular flexibility index (Phi) is 5.29. The van der Waals surface area contributed by atoms with Crippen molar-refractivity contribution in [3.05, 3.63) is 53.1 Å². The molecule has 0 atom stereocenters. The van der Waals surface area contributed by atoms with Gasteiger partial charge in [0.2, 0.25) is 0 Å². The van der Waals surface area contributed by atoms with Crippen LogP contribution in [0.4, 0.5) is 11.4 Å². The lowest BCUT2D eigenvalue weighted by Gasteiger charge is -2.13. The third-order valence-electron chi connectivity index (χ3n) is 2.84. The van der Waals surface area contributed by atoms with Crippen LogP contribution < -0.4 is 10.6 Å². The van der Waals surface area contributed by atoms with Crippen molar-refractivity contribution in [2.24, 2.45) is 0 Å². The molecule has 0 spiro atoms. The normalized spacial score (nSPS) is 10.2. The molecule has 2 N–H and O–H groups in total. The molecule has 0 saturated carbocycles. The van der Waals surface area contributed by atoms with E-state index in [9.17, 15) is 0 Å². The van der Waals surface area contributed by atoms with Crippen LogP contribution in [0.3, 0.4) is 0 Å². The van der Waals surface area contributed by atoms with E-state index >= 15 is 0 Å². The average molecular weight is 323 g/mol. The lowest BCUT2D eigenvalue weighted by Crippen LogP contribution is -2.19. The molecule has 0 aliphatic rings. The topological polar surface area (TPSA) is 24.1 Å². The number of benzene rings is 2. The van der Waals surface area contributed by atoms with Gasteiger partial charge in [0.15, 0.2) is 5.11 Å². The standard InChI is InChI=1S/C15H15ClN2S2/c1-10-13(16)7-4-8-14(10)18-15(19)17-11-5-3-6-12(9-11)20-2/h3-9H,1-2H3,(H2,17,18,19). The Labute approximate surface area is 133 Å². The Bertz CT molecular complexity index is 629. The number of nitrogens with one attached hydrogen (secondary N) is 2. The maximum Gasteiger partial charge on any atom is 0.175 e. The highest BCUT2D eigenvalue weighted by molar-refractivity contribution is 7.98. The molecule has 2 rings (SSSR count). The first-order valence-electron chi connectivity index (χ1n) is 6.07. The molecule has 20 heavy (non-hydrogen) atoms. The van der Waals surface area contributed by atoms with Gasteiger partial charge in [-0.3, -0.25) is 0 Å². The highest BCUT2D eigenvalue weighted by Crippen LogP contribution is 2.23. The molecular formula is C15H15ClN2S2. The lowest BCUT2D eigenvalue weighted by atomic mass is 10.2. The van der Waals surface area contributed by atoms with E-state index in [2.05, 4.69) is 22.8 Å². The van der Waals surface area contributed by atoms with Crippen molar-refractivity contribution in [1.82, 2.24) is 0 Å². The van der Waals surface area contributed by atoms with Gasteiger partial charge in [0.25, 0.3) is 0 Å². The van der Waals surface area contributed by atoms with Gasteiger partial charge < -0.3 is 10.6 Å². The van der Waals surface area contributed by atoms with E-state index in [0.29, 0.717) is 5.11 Å². The molecule has 0 aromatic heterocycles. The number of anilines is 2. The van der Waals surface area contributed by atoms with Crippen molar-refractivity contribution in [2.75, 3.05) is 16.9 Å². The van der Waals surface area contributed by atoms with Crippen molar-refractivity contribution in [3.63, 3.8) is 0 Å². The highest BCUT2D eigenvalue weighted by Gasteiger charge is 2.04. The molecule has 2 aromatic rings. The van der Waals surface area contributed by atoms with Gasteiger partial charge in [0.05, 0.1) is 0 Å². The second-order valence-electron chi connectivity index (χ2n) is 4.22. The van der Waals surface area contributed by atoms with Crippen molar-refractivity contribution in [3.8, 4) is 0 Å². The van der Waals surface area contributed by atoms with Gasteiger partial charge in [-0.2, -0.15) is 0 Å². The fourth-order valence-electron chi connectivity index (χ4n) is 1.73. The van der Waals surface area contributed by atoms with E-state index in [-0.39, 0.29) is 0 Å². The minimum absolute atomic E-state index is 0.550. The molecule has 0 radical (unpaired) electrons. The van der Waals surface area contributed by atoms with Gasteiger partial charge in [0, 0.05) is 21.3 Å². The zero-order valence-electron chi connectivity index (χ0n) is 11.2. The third kappa shape index (κ3) is 3.88. The van der Waals surface area contributed by atoms with Gasteiger partial charge in [-0.15, -0.1) is 11.8 Å². The van der Waals surface area contributed by atoms with Gasteiger partial charge in [0.1, 0.15) is 0 Å². The molecule has 0 aliphatic carbocycles. The van der Waals surface area contributed by atoms with Gasteiger partial charge in [-0.25, -0.2) is 0 Å². The number of hydrogen-bond acceptors (Lipinski definition) is 2. The van der Waals surface area contributed by atoms with Gasteiger partial charge in [-0.1, -0.05) is 23.7 Å². The molecule has 2 aromatic carbocycles. The van der Waals surface area contributed by atoms with Crippen molar-refractivity contribution in [2.45, 2.75) is 11.8 Å². The zero-order valence-corrected chi connectivity index (χ0v) is 13.6. The summed E-state index contributed by atoms with van der Waals surface area (Å²) in [5.74, 6) is 0. The lowest BCUT2D eigenvalue weighted by molar-refractivity contribution is 1.44. The Balaban J connectivity index is 2.07. The first-order chi connectivity index (χ1) is 9.60. The summed E-state index contributed by atoms with van der Waals surface area (Å²) < 4.78 is 0. The average Bonchev–Trinajstić information content (AvgIpc) is 2.44. The number of thioether (sulfide) groups is 1. The fourth-order valence-corrected chi connectivity index (χ4v) is 2.59. The molecule has 104 valence electrons. The van der Waals surface area contributed by atoms with Crippen LogP contribution in [0, 0.1) is 6.92 Å². The smallest absolute Gasteiger partial charge is 0.175 e. The van der Waals surface area contributed by atoms with Crippen molar-refractivity contribution >= 4 is 52.1 Å². The van der Waals surface area contributed by atoms with Crippen LogP contribution in [0.15, 0.2) is 47.4 Å². The maximum atomic E-state index is 6.09. The van der Waals surface area contributed by atoms with E-state index in [1.807, 2.05) is 43.5 Å². The second-order valence-corrected chi connectivity index (χ2v) is 5.92. The number of thiocarbonyl (C=S) groups is 1. The molecule has 0 unspecified atom stereocenters. The number of hydrogen-bond donors (Lipinski definition) is 2. The van der Waals surface area contributed by atoms with Gasteiger partial charge in [-0.05, 0) is 61.3 Å². The predicted octanol–water partition coefficient (Wildman–Crippen LogP) is 5.18. The molecule has 0 amide bonds. The Morgan fingerprint density at radius 3 is 2.65 bits per heavy atom. The first-order valence-corrected chi connectivity index (χ1v) is 8.08. The second kappa shape index (κ2) is 6.97. The molecule has 5 heteroatoms. The monoisotopic (exact) mass is 322 g/mol. The summed E-state index contributed by atoms with van der Waals surface area (Å²) in [5, 5.41) is 7.62. The van der Waals surface area contributed by atoms with E-state index in [1.165, 1.54) is 4.90 Å². The summed E-state index contributed by atoms with van der Waals surface area (Å²) in [5.41, 5.74) is 2.86. The van der Waals surface area contributed by atoms with E-state index < -0.39 is 0 Å². The summed E-state index contributed by atoms with van der Waals surface area (Å²) in [4.78, 5) is 1.19. The number of rotatable bonds is 3. The minimum atomic E-state index is 0.550. The van der Waals surface area contributed by atoms with Crippen LogP contribution >= 0.6 is 35.6 Å². The van der Waals surface area contributed by atoms with E-state index in [0.717, 1.165) is 22.0 Å². The molecule has 2 nitrogen and oxygen atoms in total. The Morgan fingerprint density at radius 2 is 1.90 bits per heavy atom. The summed E-state index contributed by atoms with van der Waals surface area (Å²) in [6, 6.07) is 13.8. The van der Waals surface area contributed by atoms with Crippen LogP contribution in [0.1, 0.15) is 5.56 Å². The molecule has 0 fully saturated rings. The summed E-state index contributed by atoms with van der Waals surface area (Å²) in [7, 11) is 0. The molecule has 0 saturated heterocycles. The molecular weight excluding hydrogens is 308 g/mol. The summed E-state index contributed by atoms with van der Waals surface area (Å²) in [6.07, 6.45) is 2.05. The Hall–Kier alpha value is -1.23. The molecule has 0 aliphatic heterocycles. The minimum Gasteiger partial charge on any atom is -0.332 e. The van der Waals surface area contributed by atoms with Crippen LogP contribution in [-0.4, -0.2) is 11.4 Å². The fraction of sp³-hybridized carbons (Fsp3) is 0.133. The van der Waals surface area contributed by atoms with Crippen molar-refractivity contribution < 1.29 is 0 Å². The Morgan fingerprint density at radius 1 is 1.15 bits per heavy atom. The van der Waals surface area contributed by atoms with Crippen LogP contribution in [0.25, 0.3) is 0 Å². The van der Waals surface area contributed by atoms with E-state index in [1.54, 1.807) is 11.8 Å². The third-order valence-corrected chi connectivity index (χ3v) is 4.18. The van der Waals surface area contributed by atoms with Crippen molar-refractivity contribution in [1.29, 1.82) is 0 Å². The van der Waals surface area contributed by atoms with E-state index in [4.69, 9.17) is 23.8 Å². The molecule has 0 heterocycles. The predicted molar refractivity (Wildman–Crippen MR) is 94.3 cm³/mol. The highest BCUT2D eigenvalue weighted by atomic mass is 35.5. The quantitative estimate of drug-likeness (QED) is 0.600. The summed E-state index contributed by atoms with van der Waals surface area (Å²) in [6.45, 7) is 1.96. The summed E-state index contributed by atoms with van der Waals surface area (Å²) >= 11 is 13.1. The van der Waals surface area contributed by atoms with Crippen LogP contribution in [0.5, 0.6) is 0 Å². The van der Waals surface area contributed by atoms with Crippen LogP contribution in [0.2, 0.25) is 5.02 Å². The zero-order chi connectivity index (χ0) is 14.5. The van der Waals surface area contributed by atoms with Crippen LogP contribution in [-0.2, 0) is 0 Å². The van der Waals surface area contributed by atoms with Gasteiger partial charge >= 0.3 is 0 Å². The SMILES string of the molecule is CSc1cccc(NC(=S)Nc2cccc(Cl)c2C)c1. The molecule has 0 bridgehead atoms. The maximum absolute atomic E-state index is 6.09. The first kappa shape index (κ1) is 15.2. The number of halogens is 1.